The highest BCUT2D eigenvalue weighted by Crippen LogP contribution is 2.27. The van der Waals surface area contributed by atoms with Gasteiger partial charge in [0.1, 0.15) is 12.9 Å². The van der Waals surface area contributed by atoms with Crippen LogP contribution in [0.25, 0.3) is 10.9 Å². The standard InChI is InChI=1S/C19H22N2O3Si.C2H6/c1-25(2,3)24-13-23-18(14-7-5-4-6-8-14)15-9-10-17-16(11-15)19(22)21-12-20-17;1-2/h4-12,18H,13H2,1-3H3,(H,20,21,22);1-2H3/i/hD. The maximum Gasteiger partial charge on any atom is 0.258 e. The lowest BCUT2D eigenvalue weighted by molar-refractivity contribution is -0.0244. The Labute approximate surface area is 163 Å². The third-order valence-corrected chi connectivity index (χ3v) is 4.74. The minimum Gasteiger partial charge on any atom is -0.395 e. The van der Waals surface area contributed by atoms with Crippen LogP contribution in [-0.2, 0) is 9.16 Å². The summed E-state index contributed by atoms with van der Waals surface area (Å²) < 4.78 is 19.5. The van der Waals surface area contributed by atoms with Crippen molar-refractivity contribution in [2.45, 2.75) is 39.6 Å². The SMILES string of the molecule is CC.[2H]n1cnc2ccc(C(OCO[Si](C)(C)C)c3ccccc3)cc2c1=O. The lowest BCUT2D eigenvalue weighted by Crippen LogP contribution is -2.27. The number of H-pyrrole nitrogens is 1. The Morgan fingerprint density at radius 1 is 1.11 bits per heavy atom. The Bertz CT molecular complexity index is 955. The van der Waals surface area contributed by atoms with Crippen molar-refractivity contribution >= 4 is 19.2 Å². The molecule has 0 fully saturated rings. The van der Waals surface area contributed by atoms with E-state index in [9.17, 15) is 4.79 Å². The minimum atomic E-state index is -1.70. The van der Waals surface area contributed by atoms with Crippen LogP contribution in [0.5, 0.6) is 0 Å². The van der Waals surface area contributed by atoms with Gasteiger partial charge in [0.15, 0.2) is 9.73 Å². The van der Waals surface area contributed by atoms with E-state index >= 15 is 0 Å². The quantitative estimate of drug-likeness (QED) is 0.486. The topological polar surface area (TPSA) is 64.2 Å². The number of nitrogens with one attached hydrogen (secondary N) is 1. The van der Waals surface area contributed by atoms with Crippen molar-refractivity contribution in [3.63, 3.8) is 0 Å². The van der Waals surface area contributed by atoms with E-state index in [1.165, 1.54) is 6.33 Å². The first kappa shape index (κ1) is 19.5. The highest BCUT2D eigenvalue weighted by Gasteiger charge is 2.19. The molecule has 0 aliphatic heterocycles. The molecule has 1 atom stereocenters. The highest BCUT2D eigenvalue weighted by molar-refractivity contribution is 6.69. The summed E-state index contributed by atoms with van der Waals surface area (Å²) in [5.74, 6) is 0. The Morgan fingerprint density at radius 3 is 2.48 bits per heavy atom. The fourth-order valence-electron chi connectivity index (χ4n) is 2.51. The highest BCUT2D eigenvalue weighted by atomic mass is 28.4. The Kier molecular flexibility index (Phi) is 6.92. The second kappa shape index (κ2) is 9.59. The molecule has 1 N–H and O–H groups in total. The third-order valence-electron chi connectivity index (χ3n) is 3.75. The minimum absolute atomic E-state index is 0.184. The van der Waals surface area contributed by atoms with E-state index in [0.717, 1.165) is 16.1 Å². The summed E-state index contributed by atoms with van der Waals surface area (Å²) in [6.07, 6.45) is 0.841. The number of aromatic amines is 1. The van der Waals surface area contributed by atoms with Gasteiger partial charge in [0.2, 0.25) is 0 Å². The molecule has 144 valence electrons. The van der Waals surface area contributed by atoms with Gasteiger partial charge in [-0.2, -0.15) is 0 Å². The molecular formula is C21H28N2O3Si. The van der Waals surface area contributed by atoms with Crippen molar-refractivity contribution in [3.8, 4) is 0 Å². The van der Waals surface area contributed by atoms with Crippen molar-refractivity contribution in [3.05, 3.63) is 76.3 Å². The van der Waals surface area contributed by atoms with E-state index < -0.39 is 13.9 Å². The molecule has 0 spiro atoms. The molecule has 2 aromatic carbocycles. The number of rotatable bonds is 6. The summed E-state index contributed by atoms with van der Waals surface area (Å²) in [6.45, 7) is 10.5. The van der Waals surface area contributed by atoms with Gasteiger partial charge in [0, 0.05) is 0 Å². The van der Waals surface area contributed by atoms with Crippen LogP contribution in [0, 0.1) is 0 Å². The van der Waals surface area contributed by atoms with Crippen LogP contribution in [0.1, 0.15) is 31.1 Å². The van der Waals surface area contributed by atoms with Gasteiger partial charge in [0.05, 0.1) is 17.2 Å². The number of benzene rings is 2. The molecule has 3 aromatic rings. The fourth-order valence-corrected chi connectivity index (χ4v) is 2.93. The first-order valence-electron chi connectivity index (χ1n) is 9.61. The van der Waals surface area contributed by atoms with Crippen LogP contribution in [0.3, 0.4) is 0 Å². The average molecular weight is 386 g/mol. The molecule has 0 bridgehead atoms. The molecule has 0 radical (unpaired) electrons. The predicted octanol–water partition coefficient (Wildman–Crippen LogP) is 4.86. The van der Waals surface area contributed by atoms with Crippen molar-refractivity contribution < 1.29 is 10.6 Å². The summed E-state index contributed by atoms with van der Waals surface area (Å²) in [4.78, 5) is 17.1. The Hall–Kier alpha value is -2.28. The van der Waals surface area contributed by atoms with Crippen LogP contribution in [0.15, 0.2) is 59.7 Å². The van der Waals surface area contributed by atoms with Gasteiger partial charge in [-0.25, -0.2) is 4.98 Å². The van der Waals surface area contributed by atoms with E-state index in [-0.39, 0.29) is 12.9 Å². The number of fused-ring (bicyclic) bond motifs is 1. The summed E-state index contributed by atoms with van der Waals surface area (Å²) in [5, 5.41) is 0.399. The van der Waals surface area contributed by atoms with Crippen molar-refractivity contribution in [2.75, 3.05) is 6.79 Å². The summed E-state index contributed by atoms with van der Waals surface area (Å²) in [5.41, 5.74) is 1.96. The number of aromatic nitrogens is 2. The van der Waals surface area contributed by atoms with Gasteiger partial charge in [0.25, 0.3) is 5.56 Å². The van der Waals surface area contributed by atoms with Gasteiger partial charge in [-0.1, -0.05) is 50.2 Å². The number of ether oxygens (including phenoxy) is 1. The summed E-state index contributed by atoms with van der Waals surface area (Å²) in [7, 11) is -1.70. The number of nitrogens with zero attached hydrogens (tertiary/aromatic N) is 1. The zero-order valence-electron chi connectivity index (χ0n) is 17.6. The molecule has 3 rings (SSSR count). The van der Waals surface area contributed by atoms with Gasteiger partial charge in [-0.15, -0.1) is 0 Å². The third kappa shape index (κ3) is 5.85. The first-order valence-corrected chi connectivity index (χ1v) is 12.6. The molecule has 27 heavy (non-hydrogen) atoms. The molecule has 0 aliphatic rings. The predicted molar refractivity (Wildman–Crippen MR) is 112 cm³/mol. The molecular weight excluding hydrogens is 356 g/mol. The van der Waals surface area contributed by atoms with E-state index in [1.54, 1.807) is 12.1 Å². The molecule has 0 amide bonds. The lowest BCUT2D eigenvalue weighted by Gasteiger charge is -2.23. The van der Waals surface area contributed by atoms with Gasteiger partial charge >= 0.3 is 0 Å². The molecule has 1 aromatic heterocycles. The van der Waals surface area contributed by atoms with Gasteiger partial charge in [-0.3, -0.25) is 4.79 Å². The molecule has 0 saturated heterocycles. The summed E-state index contributed by atoms with van der Waals surface area (Å²) >= 11 is 0. The zero-order chi connectivity index (χ0) is 20.7. The van der Waals surface area contributed by atoms with Crippen LogP contribution >= 0.6 is 0 Å². The van der Waals surface area contributed by atoms with E-state index in [1.807, 2.05) is 50.2 Å². The number of hydrogen-bond acceptors (Lipinski definition) is 4. The molecule has 5 nitrogen and oxygen atoms in total. The van der Waals surface area contributed by atoms with Gasteiger partial charge in [-0.05, 0) is 42.9 Å². The first-order chi connectivity index (χ1) is 13.3. The molecule has 1 unspecified atom stereocenters. The van der Waals surface area contributed by atoms with Crippen molar-refractivity contribution in [1.29, 1.82) is 0 Å². The Balaban J connectivity index is 0.00000136. The van der Waals surface area contributed by atoms with Crippen LogP contribution < -0.4 is 5.56 Å². The summed E-state index contributed by atoms with van der Waals surface area (Å²) in [6, 6.07) is 15.2. The van der Waals surface area contributed by atoms with E-state index in [2.05, 4.69) is 24.6 Å². The average Bonchev–Trinajstić information content (AvgIpc) is 2.69. The monoisotopic (exact) mass is 385 g/mol. The Morgan fingerprint density at radius 2 is 1.81 bits per heavy atom. The van der Waals surface area contributed by atoms with E-state index in [0.29, 0.717) is 10.9 Å². The second-order valence-corrected chi connectivity index (χ2v) is 11.3. The molecule has 0 saturated carbocycles. The van der Waals surface area contributed by atoms with Crippen molar-refractivity contribution in [2.24, 2.45) is 0 Å². The van der Waals surface area contributed by atoms with E-state index in [4.69, 9.17) is 10.6 Å². The van der Waals surface area contributed by atoms with Crippen molar-refractivity contribution in [1.82, 2.24) is 9.96 Å². The van der Waals surface area contributed by atoms with Gasteiger partial charge < -0.3 is 14.1 Å². The molecule has 6 heteroatoms. The zero-order valence-corrected chi connectivity index (χ0v) is 17.6. The maximum absolute atomic E-state index is 12.3. The van der Waals surface area contributed by atoms with Crippen LogP contribution in [0.4, 0.5) is 0 Å². The molecule has 0 aliphatic carbocycles. The largest absolute Gasteiger partial charge is 0.395 e. The fraction of sp³-hybridized carbons (Fsp3) is 0.333. The smallest absolute Gasteiger partial charge is 0.258 e. The molecule has 1 heterocycles. The normalized spacial score (nSPS) is 12.9. The lowest BCUT2D eigenvalue weighted by atomic mass is 10.00. The van der Waals surface area contributed by atoms with Crippen LogP contribution in [0.2, 0.25) is 21.1 Å². The maximum atomic E-state index is 12.3. The van der Waals surface area contributed by atoms with Crippen LogP contribution in [-0.4, -0.2) is 25.1 Å². The number of hydrogen-bond donors (Lipinski definition) is 1. The second-order valence-electron chi connectivity index (χ2n) is 6.79.